The van der Waals surface area contributed by atoms with Gasteiger partial charge in [0.05, 0.1) is 23.9 Å². The lowest BCUT2D eigenvalue weighted by Crippen LogP contribution is -2.21. The molecule has 16 heteroatoms. The predicted octanol–water partition coefficient (Wildman–Crippen LogP) is 5.67. The Morgan fingerprint density at radius 2 is 1.76 bits per heavy atom. The van der Waals surface area contributed by atoms with Gasteiger partial charge in [-0.3, -0.25) is 14.7 Å². The summed E-state index contributed by atoms with van der Waals surface area (Å²) in [5, 5.41) is 11.9. The van der Waals surface area contributed by atoms with Gasteiger partial charge in [0.15, 0.2) is 5.82 Å². The maximum absolute atomic E-state index is 14.9. The summed E-state index contributed by atoms with van der Waals surface area (Å²) in [4.78, 5) is 17.1. The summed E-state index contributed by atoms with van der Waals surface area (Å²) in [5.41, 5.74) is 1.23. The summed E-state index contributed by atoms with van der Waals surface area (Å²) in [6.45, 7) is 0. The number of benzene rings is 2. The molecule has 3 heterocycles. The van der Waals surface area contributed by atoms with E-state index in [1.54, 1.807) is 12.1 Å². The minimum Gasteiger partial charge on any atom is -0.496 e. The van der Waals surface area contributed by atoms with Gasteiger partial charge in [-0.15, -0.1) is 0 Å². The quantitative estimate of drug-likeness (QED) is 0.233. The second-order valence-electron chi connectivity index (χ2n) is 8.26. The van der Waals surface area contributed by atoms with Crippen LogP contribution in [-0.4, -0.2) is 47.9 Å². The molecule has 0 aliphatic rings. The van der Waals surface area contributed by atoms with E-state index >= 15 is 0 Å². The highest BCUT2D eigenvalue weighted by atomic mass is 32.2. The van der Waals surface area contributed by atoms with Gasteiger partial charge in [0.2, 0.25) is 0 Å². The SMILES string of the molecule is COc1cc(F)c(-c2cncc(F)c2)cc1-c1nccc2cc(S(=O)(=O)Nc3ccon3)ccc12.O=C(O)C(F)(F)F. The van der Waals surface area contributed by atoms with Crippen molar-refractivity contribution in [3.63, 3.8) is 0 Å². The van der Waals surface area contributed by atoms with Crippen molar-refractivity contribution in [3.05, 3.63) is 85.0 Å². The summed E-state index contributed by atoms with van der Waals surface area (Å²) < 4.78 is 98.2. The molecule has 0 fully saturated rings. The molecule has 0 unspecified atom stereocenters. The average molecular weight is 609 g/mol. The minimum absolute atomic E-state index is 0.00254. The summed E-state index contributed by atoms with van der Waals surface area (Å²) in [6, 6.07) is 11.4. The lowest BCUT2D eigenvalue weighted by Gasteiger charge is -2.14. The number of ether oxygens (including phenoxy) is 1. The fourth-order valence-electron chi connectivity index (χ4n) is 3.69. The molecule has 0 radical (unpaired) electrons. The molecular formula is C26H17F5N4O6S. The third-order valence-corrected chi connectivity index (χ3v) is 6.88. The van der Waals surface area contributed by atoms with Crippen LogP contribution in [0.15, 0.2) is 82.8 Å². The second kappa shape index (κ2) is 11.8. The number of anilines is 1. The van der Waals surface area contributed by atoms with Crippen LogP contribution in [0.25, 0.3) is 33.2 Å². The number of rotatable bonds is 6. The summed E-state index contributed by atoms with van der Waals surface area (Å²) in [7, 11) is -2.53. The number of methoxy groups -OCH3 is 1. The lowest BCUT2D eigenvalue weighted by molar-refractivity contribution is -0.192. The van der Waals surface area contributed by atoms with Gasteiger partial charge < -0.3 is 14.4 Å². The maximum atomic E-state index is 14.9. The highest BCUT2D eigenvalue weighted by Gasteiger charge is 2.38. The van der Waals surface area contributed by atoms with Crippen molar-refractivity contribution >= 4 is 32.6 Å². The highest BCUT2D eigenvalue weighted by molar-refractivity contribution is 7.92. The van der Waals surface area contributed by atoms with E-state index in [1.807, 2.05) is 0 Å². The zero-order valence-corrected chi connectivity index (χ0v) is 21.9. The number of carboxylic acid groups (broad SMARTS) is 1. The Balaban J connectivity index is 0.000000517. The van der Waals surface area contributed by atoms with Crippen molar-refractivity contribution < 1.29 is 49.5 Å². The van der Waals surface area contributed by atoms with Gasteiger partial charge in [0.25, 0.3) is 10.0 Å². The topological polar surface area (TPSA) is 145 Å². The van der Waals surface area contributed by atoms with Crippen molar-refractivity contribution in [1.82, 2.24) is 15.1 Å². The third-order valence-electron chi connectivity index (χ3n) is 5.53. The molecule has 0 saturated heterocycles. The van der Waals surface area contributed by atoms with Crippen LogP contribution in [0.3, 0.4) is 0 Å². The molecule has 0 spiro atoms. The number of fused-ring (bicyclic) bond motifs is 1. The van der Waals surface area contributed by atoms with Gasteiger partial charge in [-0.1, -0.05) is 11.2 Å². The maximum Gasteiger partial charge on any atom is 0.490 e. The van der Waals surface area contributed by atoms with Crippen LogP contribution in [0, 0.1) is 11.6 Å². The zero-order chi connectivity index (χ0) is 30.7. The van der Waals surface area contributed by atoms with E-state index in [0.29, 0.717) is 22.0 Å². The number of carbonyl (C=O) groups is 1. The Morgan fingerprint density at radius 1 is 1.02 bits per heavy atom. The van der Waals surface area contributed by atoms with Crippen LogP contribution in [-0.2, 0) is 14.8 Å². The zero-order valence-electron chi connectivity index (χ0n) is 21.1. The first kappa shape index (κ1) is 29.9. The molecular weight excluding hydrogens is 591 g/mol. The molecule has 3 aromatic heterocycles. The van der Waals surface area contributed by atoms with Crippen molar-refractivity contribution in [1.29, 1.82) is 0 Å². The van der Waals surface area contributed by atoms with E-state index in [4.69, 9.17) is 14.6 Å². The van der Waals surface area contributed by atoms with Crippen molar-refractivity contribution in [2.24, 2.45) is 0 Å². The molecule has 0 atom stereocenters. The first-order chi connectivity index (χ1) is 19.8. The summed E-state index contributed by atoms with van der Waals surface area (Å²) in [6.07, 6.45) is 0.0558. The van der Waals surface area contributed by atoms with Crippen LogP contribution < -0.4 is 9.46 Å². The Kier molecular flexibility index (Phi) is 8.37. The third kappa shape index (κ3) is 6.60. The van der Waals surface area contributed by atoms with Gasteiger partial charge >= 0.3 is 12.1 Å². The van der Waals surface area contributed by atoms with E-state index < -0.39 is 33.8 Å². The highest BCUT2D eigenvalue weighted by Crippen LogP contribution is 2.38. The number of nitrogens with zero attached hydrogens (tertiary/aromatic N) is 3. The molecule has 0 saturated carbocycles. The molecule has 5 aromatic rings. The van der Waals surface area contributed by atoms with Crippen LogP contribution in [0.4, 0.5) is 27.8 Å². The molecule has 218 valence electrons. The lowest BCUT2D eigenvalue weighted by atomic mass is 9.98. The molecule has 5 rings (SSSR count). The fourth-order valence-corrected chi connectivity index (χ4v) is 4.72. The van der Waals surface area contributed by atoms with E-state index in [0.717, 1.165) is 6.20 Å². The first-order valence-electron chi connectivity index (χ1n) is 11.4. The Labute approximate surface area is 233 Å². The number of sulfonamides is 1. The van der Waals surface area contributed by atoms with E-state index in [9.17, 15) is 30.4 Å². The molecule has 10 nitrogen and oxygen atoms in total. The number of carboxylic acids is 1. The number of hydrogen-bond donors (Lipinski definition) is 2. The number of hydrogen-bond acceptors (Lipinski definition) is 8. The average Bonchev–Trinajstić information content (AvgIpc) is 3.44. The molecule has 0 bridgehead atoms. The van der Waals surface area contributed by atoms with E-state index in [2.05, 4.69) is 24.4 Å². The number of nitrogens with one attached hydrogen (secondary N) is 1. The van der Waals surface area contributed by atoms with Crippen LogP contribution in [0.1, 0.15) is 0 Å². The normalized spacial score (nSPS) is 11.5. The number of aliphatic carboxylic acids is 1. The van der Waals surface area contributed by atoms with E-state index in [1.165, 1.54) is 62.2 Å². The van der Waals surface area contributed by atoms with Gasteiger partial charge in [-0.05, 0) is 35.7 Å². The number of halogens is 5. The van der Waals surface area contributed by atoms with Crippen molar-refractivity contribution in [2.75, 3.05) is 11.8 Å². The largest absolute Gasteiger partial charge is 0.496 e. The molecule has 0 aliphatic heterocycles. The van der Waals surface area contributed by atoms with Crippen LogP contribution in [0.2, 0.25) is 0 Å². The Morgan fingerprint density at radius 3 is 2.38 bits per heavy atom. The van der Waals surface area contributed by atoms with Gasteiger partial charge in [-0.2, -0.15) is 13.2 Å². The van der Waals surface area contributed by atoms with Gasteiger partial charge in [0.1, 0.15) is 23.6 Å². The standard InChI is InChI=1S/C24H16F2N4O4S.C2HF3O2/c1-33-22-11-21(26)19(15-8-16(25)13-27-12-15)10-20(22)24-18-3-2-17(9-14(18)4-6-28-24)35(31,32)30-23-5-7-34-29-23;3-2(4,5)1(6)7/h2-13H,1H3,(H,29,30);(H,6,7). The number of aromatic nitrogens is 3. The van der Waals surface area contributed by atoms with Crippen molar-refractivity contribution in [2.45, 2.75) is 11.1 Å². The smallest absolute Gasteiger partial charge is 0.490 e. The fraction of sp³-hybridized carbons (Fsp3) is 0.0769. The molecule has 2 N–H and O–H groups in total. The summed E-state index contributed by atoms with van der Waals surface area (Å²) >= 11 is 0. The Bertz CT molecular complexity index is 1870. The van der Waals surface area contributed by atoms with Crippen LogP contribution in [0.5, 0.6) is 5.75 Å². The van der Waals surface area contributed by atoms with Crippen LogP contribution >= 0.6 is 0 Å². The predicted molar refractivity (Wildman–Crippen MR) is 138 cm³/mol. The molecule has 0 aliphatic carbocycles. The van der Waals surface area contributed by atoms with E-state index in [-0.39, 0.29) is 27.6 Å². The number of alkyl halides is 3. The first-order valence-corrected chi connectivity index (χ1v) is 12.9. The Hall–Kier alpha value is -5.12. The monoisotopic (exact) mass is 608 g/mol. The van der Waals surface area contributed by atoms with Gasteiger partial charge in [-0.25, -0.2) is 22.0 Å². The second-order valence-corrected chi connectivity index (χ2v) is 9.94. The van der Waals surface area contributed by atoms with Crippen molar-refractivity contribution in [3.8, 4) is 28.1 Å². The molecule has 0 amide bonds. The number of pyridine rings is 2. The van der Waals surface area contributed by atoms with Gasteiger partial charge in [0, 0.05) is 46.6 Å². The molecule has 2 aromatic carbocycles. The molecule has 42 heavy (non-hydrogen) atoms. The minimum atomic E-state index is -5.08. The summed E-state index contributed by atoms with van der Waals surface area (Å²) in [5.74, 6) is -3.72.